The second kappa shape index (κ2) is 12.2. The van der Waals surface area contributed by atoms with Gasteiger partial charge in [0, 0.05) is 33.6 Å². The van der Waals surface area contributed by atoms with Gasteiger partial charge >= 0.3 is 11.8 Å². The Morgan fingerprint density at radius 3 is 2.02 bits per heavy atom. The molecule has 0 N–H and O–H groups in total. The van der Waals surface area contributed by atoms with Crippen LogP contribution in [-0.4, -0.2) is 41.7 Å². The fourth-order valence-corrected chi connectivity index (χ4v) is 8.75. The van der Waals surface area contributed by atoms with Crippen molar-refractivity contribution in [3.63, 3.8) is 0 Å². The van der Waals surface area contributed by atoms with Crippen LogP contribution in [0.15, 0.2) is 127 Å². The van der Waals surface area contributed by atoms with Gasteiger partial charge in [0.1, 0.15) is 0 Å². The molecular weight excluding hydrogens is 696 g/mol. The molecule has 2 aliphatic carbocycles. The highest BCUT2D eigenvalue weighted by molar-refractivity contribution is 5.90. The molecule has 0 spiro atoms. The van der Waals surface area contributed by atoms with E-state index in [1.807, 2.05) is 101 Å². The number of allylic oxidation sites excluding steroid dienone is 3. The first-order valence-electron chi connectivity index (χ1n) is 17.3. The highest BCUT2D eigenvalue weighted by Gasteiger charge is 2.78. The number of aryl methyl sites for hydroxylation is 1. The van der Waals surface area contributed by atoms with Gasteiger partial charge in [0.05, 0.1) is 11.6 Å². The monoisotopic (exact) mass is 730 g/mol. The molecule has 4 aromatic carbocycles. The van der Waals surface area contributed by atoms with Crippen LogP contribution in [0.2, 0.25) is 0 Å². The number of hydrogen-bond donors (Lipinski definition) is 0. The fourth-order valence-electron chi connectivity index (χ4n) is 8.75. The van der Waals surface area contributed by atoms with Gasteiger partial charge in [-0.25, -0.2) is 17.6 Å². The summed E-state index contributed by atoms with van der Waals surface area (Å²) in [5.74, 6) is -16.5. The Morgan fingerprint density at radius 2 is 1.34 bits per heavy atom. The summed E-state index contributed by atoms with van der Waals surface area (Å²) in [5.41, 5.74) is -1.65. The molecule has 0 saturated heterocycles. The van der Waals surface area contributed by atoms with Gasteiger partial charge < -0.3 is 9.47 Å². The Hall–Kier alpha value is -5.12. The van der Waals surface area contributed by atoms with Crippen LogP contribution in [0, 0.1) is 0 Å². The van der Waals surface area contributed by atoms with Gasteiger partial charge in [-0.2, -0.15) is 17.6 Å². The first-order valence-corrected chi connectivity index (χ1v) is 17.3. The normalized spacial score (nSPS) is 20.7. The summed E-state index contributed by atoms with van der Waals surface area (Å²) in [4.78, 5) is 1.91. The molecule has 2 nitrogen and oxygen atoms in total. The predicted octanol–water partition coefficient (Wildman–Crippen LogP) is 11.6. The van der Waals surface area contributed by atoms with Crippen molar-refractivity contribution < 1.29 is 35.1 Å². The quantitative estimate of drug-likeness (QED) is 0.137. The van der Waals surface area contributed by atoms with Crippen molar-refractivity contribution in [3.8, 4) is 5.69 Å². The van der Waals surface area contributed by atoms with Gasteiger partial charge in [-0.05, 0) is 84.5 Å². The molecule has 3 unspecified atom stereocenters. The molecule has 1 aromatic heterocycles. The van der Waals surface area contributed by atoms with Crippen LogP contribution >= 0.6 is 0 Å². The van der Waals surface area contributed by atoms with Crippen molar-refractivity contribution in [3.05, 3.63) is 155 Å². The third-order valence-corrected chi connectivity index (χ3v) is 11.3. The number of rotatable bonds is 9. The first kappa shape index (κ1) is 34.9. The summed E-state index contributed by atoms with van der Waals surface area (Å²) in [6, 6.07) is 23.5. The maximum Gasteiger partial charge on any atom is 0.339 e. The summed E-state index contributed by atoms with van der Waals surface area (Å²) in [5, 5.41) is 0.948. The molecule has 1 aliphatic heterocycles. The highest BCUT2D eigenvalue weighted by Crippen LogP contribution is 2.60. The molecule has 0 bridgehead atoms. The summed E-state index contributed by atoms with van der Waals surface area (Å²) in [7, 11) is 0. The van der Waals surface area contributed by atoms with Crippen LogP contribution in [0.5, 0.6) is 0 Å². The number of aromatic nitrogens is 1. The van der Waals surface area contributed by atoms with Crippen molar-refractivity contribution in [1.29, 1.82) is 0 Å². The van der Waals surface area contributed by atoms with Crippen LogP contribution in [0.3, 0.4) is 0 Å². The van der Waals surface area contributed by atoms with Gasteiger partial charge in [-0.15, -0.1) is 0 Å². The van der Waals surface area contributed by atoms with Crippen molar-refractivity contribution in [2.24, 2.45) is 0 Å². The maximum absolute atomic E-state index is 16.6. The standard InChI is InChI=1S/C43H34F8N2/c1-39-25-9-8-16-38(39)53(37-15-7-4-12-34(37)39)31-23-19-29(20-24-31)42(40(46,47)26-44,43(50,51)41(48,49)27-45)28-17-21-30(22-18-28)52-35-13-5-2-10-32(35)33-11-3-6-14-36(33)52/h2,4-10,12-25,38H,3,11,26-27H2,1H3. The van der Waals surface area contributed by atoms with Crippen LogP contribution < -0.4 is 4.90 Å². The fraction of sp³-hybridized carbons (Fsp3) is 0.256. The number of nitrogens with zero attached hydrogens (tertiary/aromatic N) is 2. The van der Waals surface area contributed by atoms with E-state index in [2.05, 4.69) is 0 Å². The zero-order chi connectivity index (χ0) is 37.4. The molecule has 0 radical (unpaired) electrons. The molecule has 3 atom stereocenters. The molecular formula is C43H34F8N2. The van der Waals surface area contributed by atoms with Crippen LogP contribution in [0.25, 0.3) is 22.7 Å². The smallest absolute Gasteiger partial charge is 0.333 e. The highest BCUT2D eigenvalue weighted by atomic mass is 19.3. The lowest BCUT2D eigenvalue weighted by Gasteiger charge is -2.47. The zero-order valence-corrected chi connectivity index (χ0v) is 28.5. The Balaban J connectivity index is 1.31. The molecule has 2 heterocycles. The maximum atomic E-state index is 16.6. The first-order chi connectivity index (χ1) is 25.3. The van der Waals surface area contributed by atoms with E-state index in [0.717, 1.165) is 70.5 Å². The molecule has 0 fully saturated rings. The molecule has 272 valence electrons. The third kappa shape index (κ3) is 4.76. The van der Waals surface area contributed by atoms with Crippen LogP contribution in [0.1, 0.15) is 41.3 Å². The van der Waals surface area contributed by atoms with E-state index in [0.29, 0.717) is 11.4 Å². The van der Waals surface area contributed by atoms with E-state index in [9.17, 15) is 8.78 Å². The average molecular weight is 731 g/mol. The molecule has 5 aromatic rings. The summed E-state index contributed by atoms with van der Waals surface area (Å²) in [6.45, 7) is -3.63. The second-order valence-corrected chi connectivity index (χ2v) is 14.1. The minimum Gasteiger partial charge on any atom is -0.333 e. The lowest BCUT2D eigenvalue weighted by atomic mass is 9.63. The van der Waals surface area contributed by atoms with Crippen molar-refractivity contribution >= 4 is 28.4 Å². The lowest BCUT2D eigenvalue weighted by Crippen LogP contribution is -2.66. The third-order valence-electron chi connectivity index (χ3n) is 11.3. The SMILES string of the molecule is CC12C=CC=CC1N(c1ccc(C(c3ccc(-n4c5c(c6ccccc64)CCC=C5)cc3)(C(F)(F)CF)C(F)(F)C(F)(F)CF)cc1)c1ccccc12. The van der Waals surface area contributed by atoms with E-state index < -0.39 is 53.1 Å². The topological polar surface area (TPSA) is 8.17 Å². The Morgan fingerprint density at radius 1 is 0.717 bits per heavy atom. The number of anilines is 2. The molecule has 3 aliphatic rings. The Kier molecular flexibility index (Phi) is 8.05. The van der Waals surface area contributed by atoms with E-state index in [-0.39, 0.29) is 6.04 Å². The second-order valence-electron chi connectivity index (χ2n) is 14.1. The molecule has 10 heteroatoms. The molecule has 53 heavy (non-hydrogen) atoms. The van der Waals surface area contributed by atoms with E-state index in [1.54, 1.807) is 0 Å². The molecule has 0 amide bonds. The number of alkyl halides is 8. The lowest BCUT2D eigenvalue weighted by molar-refractivity contribution is -0.284. The number of para-hydroxylation sites is 2. The van der Waals surface area contributed by atoms with Gasteiger partial charge in [-0.3, -0.25) is 0 Å². The Labute approximate surface area is 301 Å². The summed E-state index contributed by atoms with van der Waals surface area (Å²) < 4.78 is 127. The number of hydrogen-bond acceptors (Lipinski definition) is 1. The predicted molar refractivity (Wildman–Crippen MR) is 193 cm³/mol. The van der Waals surface area contributed by atoms with Crippen LogP contribution in [-0.2, 0) is 17.3 Å². The molecule has 8 rings (SSSR count). The van der Waals surface area contributed by atoms with Crippen LogP contribution in [0.4, 0.5) is 46.5 Å². The van der Waals surface area contributed by atoms with Crippen molar-refractivity contribution in [1.82, 2.24) is 4.57 Å². The Bertz CT molecular complexity index is 2290. The summed E-state index contributed by atoms with van der Waals surface area (Å²) >= 11 is 0. The minimum atomic E-state index is -5.81. The number of fused-ring (bicyclic) bond motifs is 6. The number of benzene rings is 4. The zero-order valence-electron chi connectivity index (χ0n) is 28.5. The summed E-state index contributed by atoms with van der Waals surface area (Å²) in [6.07, 6.45) is 13.2. The van der Waals surface area contributed by atoms with Gasteiger partial charge in [0.2, 0.25) is 0 Å². The van der Waals surface area contributed by atoms with Gasteiger partial charge in [0.15, 0.2) is 18.8 Å². The van der Waals surface area contributed by atoms with Gasteiger partial charge in [0.25, 0.3) is 5.92 Å². The van der Waals surface area contributed by atoms with Gasteiger partial charge in [-0.1, -0.05) is 91.0 Å². The van der Waals surface area contributed by atoms with Crippen molar-refractivity contribution in [2.45, 2.75) is 54.4 Å². The van der Waals surface area contributed by atoms with Crippen molar-refractivity contribution in [2.75, 3.05) is 18.2 Å². The average Bonchev–Trinajstić information content (AvgIpc) is 3.65. The van der Waals surface area contributed by atoms with E-state index in [4.69, 9.17) is 0 Å². The largest absolute Gasteiger partial charge is 0.339 e. The van der Waals surface area contributed by atoms with E-state index in [1.165, 1.54) is 24.3 Å². The van der Waals surface area contributed by atoms with E-state index >= 15 is 26.3 Å². The number of halogens is 8. The minimum absolute atomic E-state index is 0.289. The molecule has 0 saturated carbocycles.